The lowest BCUT2D eigenvalue weighted by atomic mass is 10.1. The Kier molecular flexibility index (Phi) is 6.27. The quantitative estimate of drug-likeness (QED) is 0.792. The van der Waals surface area contributed by atoms with E-state index in [4.69, 9.17) is 4.74 Å². The van der Waals surface area contributed by atoms with Crippen LogP contribution in [0.2, 0.25) is 0 Å². The van der Waals surface area contributed by atoms with Gasteiger partial charge in [-0.15, -0.1) is 0 Å². The number of nitrogens with one attached hydrogen (secondary N) is 1. The van der Waals surface area contributed by atoms with Crippen molar-refractivity contribution >= 4 is 15.9 Å². The Morgan fingerprint density at radius 3 is 2.48 bits per heavy atom. The van der Waals surface area contributed by atoms with Crippen molar-refractivity contribution in [2.75, 3.05) is 7.11 Å². The van der Waals surface area contributed by atoms with E-state index in [1.807, 2.05) is 18.2 Å². The number of ether oxygens (including phenoxy) is 1. The second kappa shape index (κ2) is 8.20. The van der Waals surface area contributed by atoms with E-state index in [-0.39, 0.29) is 0 Å². The molecule has 0 aliphatic rings. The molecule has 0 bridgehead atoms. The predicted octanol–water partition coefficient (Wildman–Crippen LogP) is 4.57. The molecule has 2 aromatic rings. The van der Waals surface area contributed by atoms with Crippen LogP contribution in [0.25, 0.3) is 0 Å². The maximum Gasteiger partial charge on any atom is 0.118 e. The average Bonchev–Trinajstić information content (AvgIpc) is 2.52. The summed E-state index contributed by atoms with van der Waals surface area (Å²) in [5, 5.41) is 3.58. The van der Waals surface area contributed by atoms with Crippen LogP contribution in [0.15, 0.2) is 53.0 Å². The summed E-state index contributed by atoms with van der Waals surface area (Å²) in [7, 11) is 1.70. The van der Waals surface area contributed by atoms with Gasteiger partial charge in [0.05, 0.1) is 7.11 Å². The molecule has 1 atom stereocenters. The molecular weight excluding hydrogens is 326 g/mol. The first-order chi connectivity index (χ1) is 10.2. The monoisotopic (exact) mass is 347 g/mol. The van der Waals surface area contributed by atoms with Gasteiger partial charge in [-0.3, -0.25) is 0 Å². The van der Waals surface area contributed by atoms with E-state index in [0.717, 1.165) is 25.1 Å². The van der Waals surface area contributed by atoms with Crippen molar-refractivity contribution in [3.05, 3.63) is 64.1 Å². The minimum atomic E-state index is 0.485. The van der Waals surface area contributed by atoms with Crippen LogP contribution >= 0.6 is 15.9 Å². The molecule has 0 aliphatic carbocycles. The Morgan fingerprint density at radius 2 is 1.81 bits per heavy atom. The molecule has 2 nitrogen and oxygen atoms in total. The first-order valence-electron chi connectivity index (χ1n) is 7.29. The summed E-state index contributed by atoms with van der Waals surface area (Å²) in [6.07, 6.45) is 2.20. The molecule has 0 heterocycles. The average molecular weight is 348 g/mol. The Bertz CT molecular complexity index is 553. The molecule has 0 spiro atoms. The lowest BCUT2D eigenvalue weighted by Gasteiger charge is -2.14. The van der Waals surface area contributed by atoms with Crippen LogP contribution in [0.3, 0.4) is 0 Å². The minimum absolute atomic E-state index is 0.485. The fourth-order valence-corrected chi connectivity index (χ4v) is 2.63. The van der Waals surface area contributed by atoms with Crippen LogP contribution in [-0.4, -0.2) is 13.2 Å². The van der Waals surface area contributed by atoms with E-state index in [2.05, 4.69) is 58.5 Å². The summed E-state index contributed by atoms with van der Waals surface area (Å²) in [4.78, 5) is 0. The molecule has 1 N–H and O–H groups in total. The van der Waals surface area contributed by atoms with Crippen LogP contribution in [0.5, 0.6) is 5.75 Å². The van der Waals surface area contributed by atoms with Gasteiger partial charge in [-0.05, 0) is 49.1 Å². The van der Waals surface area contributed by atoms with Crippen molar-refractivity contribution in [1.29, 1.82) is 0 Å². The zero-order chi connectivity index (χ0) is 15.1. The first kappa shape index (κ1) is 16.1. The van der Waals surface area contributed by atoms with Crippen molar-refractivity contribution in [3.8, 4) is 5.75 Å². The number of aryl methyl sites for hydroxylation is 1. The van der Waals surface area contributed by atoms with E-state index in [9.17, 15) is 0 Å². The van der Waals surface area contributed by atoms with Crippen LogP contribution in [-0.2, 0) is 13.0 Å². The lowest BCUT2D eigenvalue weighted by Crippen LogP contribution is -2.26. The van der Waals surface area contributed by atoms with Gasteiger partial charge in [0.2, 0.25) is 0 Å². The molecular formula is C18H22BrNO. The molecule has 0 aromatic heterocycles. The van der Waals surface area contributed by atoms with Gasteiger partial charge in [0, 0.05) is 17.1 Å². The highest BCUT2D eigenvalue weighted by atomic mass is 79.9. The smallest absolute Gasteiger partial charge is 0.118 e. The molecule has 21 heavy (non-hydrogen) atoms. The van der Waals surface area contributed by atoms with Crippen molar-refractivity contribution in [2.24, 2.45) is 0 Å². The first-order valence-corrected chi connectivity index (χ1v) is 8.08. The van der Waals surface area contributed by atoms with Crippen LogP contribution in [0, 0.1) is 0 Å². The lowest BCUT2D eigenvalue weighted by molar-refractivity contribution is 0.414. The summed E-state index contributed by atoms with van der Waals surface area (Å²) >= 11 is 3.58. The highest BCUT2D eigenvalue weighted by Gasteiger charge is 2.04. The van der Waals surface area contributed by atoms with Crippen molar-refractivity contribution in [2.45, 2.75) is 32.4 Å². The SMILES string of the molecule is COc1ccc(CC[C@H](C)NCc2ccccc2Br)cc1. The normalized spacial score (nSPS) is 12.1. The third-order valence-corrected chi connectivity index (χ3v) is 4.40. The van der Waals surface area contributed by atoms with Crippen LogP contribution in [0.4, 0.5) is 0 Å². The summed E-state index contributed by atoms with van der Waals surface area (Å²) in [5.74, 6) is 0.916. The molecule has 0 aliphatic heterocycles. The zero-order valence-corrected chi connectivity index (χ0v) is 14.2. The van der Waals surface area contributed by atoms with E-state index < -0.39 is 0 Å². The van der Waals surface area contributed by atoms with Gasteiger partial charge in [0.25, 0.3) is 0 Å². The Balaban J connectivity index is 1.76. The molecule has 0 amide bonds. The minimum Gasteiger partial charge on any atom is -0.497 e. The van der Waals surface area contributed by atoms with Crippen molar-refractivity contribution in [1.82, 2.24) is 5.32 Å². The van der Waals surface area contributed by atoms with Gasteiger partial charge in [0.1, 0.15) is 5.75 Å². The summed E-state index contributed by atoms with van der Waals surface area (Å²) < 4.78 is 6.34. The molecule has 3 heteroatoms. The van der Waals surface area contributed by atoms with Gasteiger partial charge in [-0.25, -0.2) is 0 Å². The number of benzene rings is 2. The molecule has 2 rings (SSSR count). The van der Waals surface area contributed by atoms with Crippen molar-refractivity contribution < 1.29 is 4.74 Å². The molecule has 0 saturated carbocycles. The maximum atomic E-state index is 5.18. The van der Waals surface area contributed by atoms with E-state index in [0.29, 0.717) is 6.04 Å². The molecule has 0 radical (unpaired) electrons. The molecule has 2 aromatic carbocycles. The number of rotatable bonds is 7. The molecule has 0 fully saturated rings. The Hall–Kier alpha value is -1.32. The standard InChI is InChI=1S/C18H22BrNO/c1-14(20-13-16-5-3-4-6-18(16)19)7-8-15-9-11-17(21-2)12-10-15/h3-6,9-12,14,20H,7-8,13H2,1-2H3/t14-/m0/s1. The fraction of sp³-hybridized carbons (Fsp3) is 0.333. The third-order valence-electron chi connectivity index (χ3n) is 3.62. The third kappa shape index (κ3) is 5.18. The van der Waals surface area contributed by atoms with E-state index in [1.165, 1.54) is 15.6 Å². The molecule has 0 saturated heterocycles. The van der Waals surface area contributed by atoms with Crippen LogP contribution in [0.1, 0.15) is 24.5 Å². The molecule has 112 valence electrons. The number of hydrogen-bond donors (Lipinski definition) is 1. The number of halogens is 1. The largest absolute Gasteiger partial charge is 0.497 e. The number of methoxy groups -OCH3 is 1. The van der Waals surface area contributed by atoms with Gasteiger partial charge < -0.3 is 10.1 Å². The highest BCUT2D eigenvalue weighted by Crippen LogP contribution is 2.16. The summed E-state index contributed by atoms with van der Waals surface area (Å²) in [6.45, 7) is 3.13. The van der Waals surface area contributed by atoms with Gasteiger partial charge in [-0.1, -0.05) is 46.3 Å². The second-order valence-corrected chi connectivity index (χ2v) is 6.11. The Labute approximate surface area is 135 Å². The van der Waals surface area contributed by atoms with Gasteiger partial charge in [0.15, 0.2) is 0 Å². The molecule has 0 unspecified atom stereocenters. The topological polar surface area (TPSA) is 21.3 Å². The van der Waals surface area contributed by atoms with Gasteiger partial charge in [-0.2, -0.15) is 0 Å². The second-order valence-electron chi connectivity index (χ2n) is 5.26. The summed E-state index contributed by atoms with van der Waals surface area (Å²) in [5.41, 5.74) is 2.65. The van der Waals surface area contributed by atoms with Gasteiger partial charge >= 0.3 is 0 Å². The number of hydrogen-bond acceptors (Lipinski definition) is 2. The summed E-state index contributed by atoms with van der Waals surface area (Å²) in [6, 6.07) is 17.2. The van der Waals surface area contributed by atoms with E-state index in [1.54, 1.807) is 7.11 Å². The highest BCUT2D eigenvalue weighted by molar-refractivity contribution is 9.10. The van der Waals surface area contributed by atoms with Crippen molar-refractivity contribution in [3.63, 3.8) is 0 Å². The van der Waals surface area contributed by atoms with Crippen LogP contribution < -0.4 is 10.1 Å². The predicted molar refractivity (Wildman–Crippen MR) is 91.8 cm³/mol. The van der Waals surface area contributed by atoms with E-state index >= 15 is 0 Å². The maximum absolute atomic E-state index is 5.18. The fourth-order valence-electron chi connectivity index (χ4n) is 2.20. The Morgan fingerprint density at radius 1 is 1.10 bits per heavy atom. The zero-order valence-electron chi connectivity index (χ0n) is 12.6.